The zero-order valence-corrected chi connectivity index (χ0v) is 9.95. The fourth-order valence-electron chi connectivity index (χ4n) is 1.61. The Hall–Kier alpha value is -1.62. The standard InChI is InChI=1S/C11H8BrNO3/c1-5-8(11(15)16)10(14)6-3-2-4-7(12)9(6)13-5/h2-4H,1H3,(H,13,14)(H,15,16). The number of para-hydroxylation sites is 1. The number of carboxylic acids is 1. The fourth-order valence-corrected chi connectivity index (χ4v) is 2.06. The van der Waals surface area contributed by atoms with Crippen LogP contribution >= 0.6 is 15.9 Å². The Kier molecular flexibility index (Phi) is 2.55. The van der Waals surface area contributed by atoms with Crippen molar-refractivity contribution < 1.29 is 15.0 Å². The molecule has 0 aliphatic carbocycles. The number of carbonyl (C=O) groups is 1. The van der Waals surface area contributed by atoms with Crippen LogP contribution in [-0.4, -0.2) is 21.2 Å². The molecule has 2 aromatic rings. The summed E-state index contributed by atoms with van der Waals surface area (Å²) in [4.78, 5) is 15.1. The molecule has 5 heteroatoms. The molecule has 0 aliphatic heterocycles. The van der Waals surface area contributed by atoms with Crippen LogP contribution in [0.3, 0.4) is 0 Å². The van der Waals surface area contributed by atoms with Crippen LogP contribution in [-0.2, 0) is 0 Å². The molecule has 0 amide bonds. The van der Waals surface area contributed by atoms with Gasteiger partial charge in [0.25, 0.3) is 0 Å². The van der Waals surface area contributed by atoms with Crippen LogP contribution in [0.2, 0.25) is 0 Å². The second-order valence-electron chi connectivity index (χ2n) is 3.36. The second kappa shape index (κ2) is 3.75. The predicted molar refractivity (Wildman–Crippen MR) is 62.8 cm³/mol. The number of carboxylic acid groups (broad SMARTS) is 1. The van der Waals surface area contributed by atoms with Gasteiger partial charge in [-0.1, -0.05) is 6.07 Å². The van der Waals surface area contributed by atoms with Crippen molar-refractivity contribution in [3.05, 3.63) is 33.9 Å². The smallest absolute Gasteiger partial charge is 0.341 e. The molecule has 1 aromatic heterocycles. The van der Waals surface area contributed by atoms with Crippen LogP contribution in [0.4, 0.5) is 0 Å². The molecule has 2 N–H and O–H groups in total. The van der Waals surface area contributed by atoms with Gasteiger partial charge >= 0.3 is 5.97 Å². The first kappa shape index (κ1) is 10.9. The lowest BCUT2D eigenvalue weighted by Crippen LogP contribution is -2.03. The number of nitrogens with zero attached hydrogens (tertiary/aromatic N) is 1. The summed E-state index contributed by atoms with van der Waals surface area (Å²) in [7, 11) is 0. The monoisotopic (exact) mass is 281 g/mol. The molecule has 0 saturated heterocycles. The molecule has 0 bridgehead atoms. The van der Waals surface area contributed by atoms with Gasteiger partial charge in [-0.3, -0.25) is 4.98 Å². The predicted octanol–water partition coefficient (Wildman–Crippen LogP) is 2.71. The Bertz CT molecular complexity index is 595. The van der Waals surface area contributed by atoms with Crippen LogP contribution < -0.4 is 0 Å². The Balaban J connectivity index is 2.94. The Morgan fingerprint density at radius 3 is 2.75 bits per heavy atom. The Morgan fingerprint density at radius 2 is 2.12 bits per heavy atom. The van der Waals surface area contributed by atoms with E-state index in [1.807, 2.05) is 0 Å². The lowest BCUT2D eigenvalue weighted by atomic mass is 10.1. The molecule has 2 rings (SSSR count). The van der Waals surface area contributed by atoms with Crippen molar-refractivity contribution in [2.24, 2.45) is 0 Å². The molecular weight excluding hydrogens is 274 g/mol. The van der Waals surface area contributed by atoms with Gasteiger partial charge in [-0.05, 0) is 35.0 Å². The molecule has 1 aromatic carbocycles. The number of aromatic nitrogens is 1. The van der Waals surface area contributed by atoms with Gasteiger partial charge in [-0.15, -0.1) is 0 Å². The maximum atomic E-state index is 11.0. The van der Waals surface area contributed by atoms with Gasteiger partial charge in [-0.25, -0.2) is 4.79 Å². The average molecular weight is 282 g/mol. The number of benzene rings is 1. The van der Waals surface area contributed by atoms with Crippen molar-refractivity contribution in [2.45, 2.75) is 6.92 Å². The molecular formula is C11H8BrNO3. The number of aryl methyl sites for hydroxylation is 1. The molecule has 4 nitrogen and oxygen atoms in total. The third kappa shape index (κ3) is 1.53. The van der Waals surface area contributed by atoms with Crippen molar-refractivity contribution in [3.8, 4) is 5.75 Å². The van der Waals surface area contributed by atoms with Crippen LogP contribution in [0, 0.1) is 6.92 Å². The Morgan fingerprint density at radius 1 is 1.44 bits per heavy atom. The van der Waals surface area contributed by atoms with E-state index < -0.39 is 5.97 Å². The minimum Gasteiger partial charge on any atom is -0.506 e. The molecule has 82 valence electrons. The van der Waals surface area contributed by atoms with Crippen molar-refractivity contribution in [2.75, 3.05) is 0 Å². The van der Waals surface area contributed by atoms with Gasteiger partial charge < -0.3 is 10.2 Å². The van der Waals surface area contributed by atoms with E-state index in [4.69, 9.17) is 5.11 Å². The van der Waals surface area contributed by atoms with E-state index in [0.29, 0.717) is 16.6 Å². The van der Waals surface area contributed by atoms with Gasteiger partial charge in [0.15, 0.2) is 0 Å². The molecule has 16 heavy (non-hydrogen) atoms. The number of aromatic hydroxyl groups is 1. The maximum absolute atomic E-state index is 11.0. The third-order valence-electron chi connectivity index (χ3n) is 2.33. The normalized spacial score (nSPS) is 10.6. The molecule has 0 unspecified atom stereocenters. The summed E-state index contributed by atoms with van der Waals surface area (Å²) in [5.74, 6) is -1.42. The van der Waals surface area contributed by atoms with E-state index in [1.165, 1.54) is 0 Å². The number of halogens is 1. The number of aromatic carboxylic acids is 1. The van der Waals surface area contributed by atoms with Gasteiger partial charge in [0, 0.05) is 9.86 Å². The molecule has 0 spiro atoms. The van der Waals surface area contributed by atoms with Crippen molar-refractivity contribution in [3.63, 3.8) is 0 Å². The van der Waals surface area contributed by atoms with Crippen LogP contribution in [0.25, 0.3) is 10.9 Å². The number of fused-ring (bicyclic) bond motifs is 1. The van der Waals surface area contributed by atoms with Gasteiger partial charge in [0.2, 0.25) is 0 Å². The van der Waals surface area contributed by atoms with E-state index >= 15 is 0 Å². The highest BCUT2D eigenvalue weighted by atomic mass is 79.9. The summed E-state index contributed by atoms with van der Waals surface area (Å²) in [6, 6.07) is 5.14. The number of pyridine rings is 1. The summed E-state index contributed by atoms with van der Waals surface area (Å²) in [6.45, 7) is 1.56. The van der Waals surface area contributed by atoms with Crippen molar-refractivity contribution in [1.82, 2.24) is 4.98 Å². The lowest BCUT2D eigenvalue weighted by Gasteiger charge is -2.08. The first-order valence-electron chi connectivity index (χ1n) is 4.53. The number of rotatable bonds is 1. The molecule has 0 radical (unpaired) electrons. The third-order valence-corrected chi connectivity index (χ3v) is 2.97. The minimum atomic E-state index is -1.18. The van der Waals surface area contributed by atoms with E-state index in [-0.39, 0.29) is 11.3 Å². The number of hydrogen-bond acceptors (Lipinski definition) is 3. The first-order valence-corrected chi connectivity index (χ1v) is 5.32. The summed E-state index contributed by atoms with van der Waals surface area (Å²) in [6.07, 6.45) is 0. The van der Waals surface area contributed by atoms with Gasteiger partial charge in [-0.2, -0.15) is 0 Å². The zero-order chi connectivity index (χ0) is 11.9. The summed E-state index contributed by atoms with van der Waals surface area (Å²) in [5.41, 5.74) is 0.706. The maximum Gasteiger partial charge on any atom is 0.341 e. The SMILES string of the molecule is Cc1nc2c(Br)cccc2c(O)c1C(=O)O. The van der Waals surface area contributed by atoms with Crippen LogP contribution in [0.1, 0.15) is 16.1 Å². The fraction of sp³-hybridized carbons (Fsp3) is 0.0909. The molecule has 1 heterocycles. The van der Waals surface area contributed by atoms with Crippen LogP contribution in [0.15, 0.2) is 22.7 Å². The van der Waals surface area contributed by atoms with Crippen molar-refractivity contribution in [1.29, 1.82) is 0 Å². The van der Waals surface area contributed by atoms with Crippen molar-refractivity contribution >= 4 is 32.8 Å². The van der Waals surface area contributed by atoms with Crippen LogP contribution in [0.5, 0.6) is 5.75 Å². The number of hydrogen-bond donors (Lipinski definition) is 2. The molecule has 0 atom stereocenters. The topological polar surface area (TPSA) is 70.4 Å². The largest absolute Gasteiger partial charge is 0.506 e. The quantitative estimate of drug-likeness (QED) is 0.843. The summed E-state index contributed by atoms with van der Waals surface area (Å²) < 4.78 is 0.723. The van der Waals surface area contributed by atoms with E-state index in [0.717, 1.165) is 4.47 Å². The second-order valence-corrected chi connectivity index (χ2v) is 4.22. The molecule has 0 saturated carbocycles. The summed E-state index contributed by atoms with van der Waals surface area (Å²) >= 11 is 3.31. The highest BCUT2D eigenvalue weighted by Crippen LogP contribution is 2.32. The highest BCUT2D eigenvalue weighted by molar-refractivity contribution is 9.10. The van der Waals surface area contributed by atoms with Gasteiger partial charge in [0.1, 0.15) is 11.3 Å². The van der Waals surface area contributed by atoms with E-state index in [1.54, 1.807) is 25.1 Å². The lowest BCUT2D eigenvalue weighted by molar-refractivity contribution is 0.0692. The minimum absolute atomic E-state index is 0.148. The first-order chi connectivity index (χ1) is 7.52. The van der Waals surface area contributed by atoms with E-state index in [9.17, 15) is 9.90 Å². The van der Waals surface area contributed by atoms with Gasteiger partial charge in [0.05, 0.1) is 11.2 Å². The Labute approximate surface area is 99.7 Å². The summed E-state index contributed by atoms with van der Waals surface area (Å²) in [5, 5.41) is 19.3. The van der Waals surface area contributed by atoms with E-state index in [2.05, 4.69) is 20.9 Å². The average Bonchev–Trinajstić information content (AvgIpc) is 2.19. The highest BCUT2D eigenvalue weighted by Gasteiger charge is 2.18. The molecule has 0 aliphatic rings. The zero-order valence-electron chi connectivity index (χ0n) is 8.36. The molecule has 0 fully saturated rings.